The summed E-state index contributed by atoms with van der Waals surface area (Å²) in [6, 6.07) is -1.36. The Labute approximate surface area is 106 Å². The minimum absolute atomic E-state index is 0.0115. The van der Waals surface area contributed by atoms with Crippen LogP contribution in [0, 0.1) is 0 Å². The Morgan fingerprint density at radius 1 is 1.50 bits per heavy atom. The van der Waals surface area contributed by atoms with E-state index < -0.39 is 40.3 Å². The van der Waals surface area contributed by atoms with Gasteiger partial charge in [-0.05, 0) is 12.8 Å². The van der Waals surface area contributed by atoms with E-state index in [0.29, 0.717) is 6.42 Å². The summed E-state index contributed by atoms with van der Waals surface area (Å²) >= 11 is 0. The third-order valence-electron chi connectivity index (χ3n) is 2.99. The van der Waals surface area contributed by atoms with Gasteiger partial charge in [0.1, 0.15) is 6.54 Å². The molecule has 1 fully saturated rings. The van der Waals surface area contributed by atoms with Crippen LogP contribution in [0.5, 0.6) is 0 Å². The van der Waals surface area contributed by atoms with Crippen LogP contribution in [-0.4, -0.2) is 60.4 Å². The first-order valence-corrected chi connectivity index (χ1v) is 7.57. The van der Waals surface area contributed by atoms with Crippen molar-refractivity contribution in [3.05, 3.63) is 0 Å². The Bertz CT molecular complexity index is 434. The van der Waals surface area contributed by atoms with Gasteiger partial charge in [-0.3, -0.25) is 9.59 Å². The maximum atomic E-state index is 12.0. The zero-order valence-electron chi connectivity index (χ0n) is 10.2. The number of carbonyl (C=O) groups excluding carboxylic acids is 1. The van der Waals surface area contributed by atoms with Crippen LogP contribution in [0.1, 0.15) is 19.8 Å². The van der Waals surface area contributed by atoms with Crippen molar-refractivity contribution in [3.8, 4) is 0 Å². The lowest BCUT2D eigenvalue weighted by molar-refractivity contribution is -0.146. The Morgan fingerprint density at radius 3 is 2.50 bits per heavy atom. The lowest BCUT2D eigenvalue weighted by Gasteiger charge is -2.28. The summed E-state index contributed by atoms with van der Waals surface area (Å²) in [5.74, 6) is -1.86. The molecular formula is C10H18N2O5S. The average Bonchev–Trinajstić information content (AvgIpc) is 2.64. The molecule has 0 bridgehead atoms. The monoisotopic (exact) mass is 278 g/mol. The molecule has 104 valence electrons. The highest BCUT2D eigenvalue weighted by atomic mass is 32.2. The third-order valence-corrected chi connectivity index (χ3v) is 4.75. The molecule has 0 spiro atoms. The summed E-state index contributed by atoms with van der Waals surface area (Å²) in [6.45, 7) is 1.21. The highest BCUT2D eigenvalue weighted by Gasteiger charge is 2.36. The van der Waals surface area contributed by atoms with E-state index >= 15 is 0 Å². The molecule has 1 aliphatic rings. The molecule has 0 aromatic heterocycles. The predicted molar refractivity (Wildman–Crippen MR) is 64.7 cm³/mol. The van der Waals surface area contributed by atoms with E-state index in [-0.39, 0.29) is 17.9 Å². The normalized spacial score (nSPS) is 23.6. The number of aliphatic carboxylic acids is 1. The maximum absolute atomic E-state index is 12.0. The first kappa shape index (κ1) is 14.9. The quantitative estimate of drug-likeness (QED) is 0.654. The zero-order chi connectivity index (χ0) is 13.9. The van der Waals surface area contributed by atoms with Crippen molar-refractivity contribution in [1.29, 1.82) is 0 Å². The molecule has 1 amide bonds. The fourth-order valence-electron chi connectivity index (χ4n) is 1.94. The minimum atomic E-state index is -3.17. The molecule has 0 aliphatic carbocycles. The number of hydrogen-bond acceptors (Lipinski definition) is 5. The highest BCUT2D eigenvalue weighted by Crippen LogP contribution is 2.18. The summed E-state index contributed by atoms with van der Waals surface area (Å²) < 4.78 is 22.8. The first-order chi connectivity index (χ1) is 8.26. The molecule has 18 heavy (non-hydrogen) atoms. The molecule has 0 radical (unpaired) electrons. The second-order valence-corrected chi connectivity index (χ2v) is 6.66. The van der Waals surface area contributed by atoms with Gasteiger partial charge in [0.15, 0.2) is 9.84 Å². The minimum Gasteiger partial charge on any atom is -0.480 e. The number of carboxylic acids is 1. The molecule has 0 aromatic rings. The Balaban J connectivity index is 2.85. The molecule has 8 heteroatoms. The van der Waals surface area contributed by atoms with Crippen molar-refractivity contribution in [3.63, 3.8) is 0 Å². The average molecular weight is 278 g/mol. The molecule has 1 heterocycles. The summed E-state index contributed by atoms with van der Waals surface area (Å²) in [7, 11) is -3.17. The molecule has 1 saturated heterocycles. The van der Waals surface area contributed by atoms with Gasteiger partial charge in [0.05, 0.1) is 17.5 Å². The summed E-state index contributed by atoms with van der Waals surface area (Å²) in [5, 5.41) is 8.79. The number of carboxylic acid groups (broad SMARTS) is 1. The fourth-order valence-corrected chi connectivity index (χ4v) is 3.67. The topological polar surface area (TPSA) is 118 Å². The Kier molecular flexibility index (Phi) is 4.69. The summed E-state index contributed by atoms with van der Waals surface area (Å²) in [6.07, 6.45) is 0.659. The van der Waals surface area contributed by atoms with E-state index in [4.69, 9.17) is 10.8 Å². The van der Waals surface area contributed by atoms with Crippen LogP contribution in [0.25, 0.3) is 0 Å². The van der Waals surface area contributed by atoms with Crippen LogP contribution in [-0.2, 0) is 19.4 Å². The number of rotatable bonds is 5. The SMILES string of the molecule is CC[C@H](N)C(=O)N(CC(=O)O)C1CCS(=O)(=O)C1. The van der Waals surface area contributed by atoms with E-state index in [1.807, 2.05) is 0 Å². The lowest BCUT2D eigenvalue weighted by atomic mass is 10.1. The van der Waals surface area contributed by atoms with Crippen molar-refractivity contribution in [1.82, 2.24) is 4.90 Å². The molecular weight excluding hydrogens is 260 g/mol. The molecule has 1 aliphatic heterocycles. The van der Waals surface area contributed by atoms with Crippen LogP contribution in [0.4, 0.5) is 0 Å². The van der Waals surface area contributed by atoms with Crippen molar-refractivity contribution in [2.75, 3.05) is 18.1 Å². The van der Waals surface area contributed by atoms with Crippen molar-refractivity contribution >= 4 is 21.7 Å². The summed E-state index contributed by atoms with van der Waals surface area (Å²) in [5.41, 5.74) is 5.59. The second kappa shape index (κ2) is 5.66. The van der Waals surface area contributed by atoms with Gasteiger partial charge >= 0.3 is 5.97 Å². The van der Waals surface area contributed by atoms with Gasteiger partial charge in [0.25, 0.3) is 0 Å². The second-order valence-electron chi connectivity index (χ2n) is 4.43. The number of sulfone groups is 1. The van der Waals surface area contributed by atoms with Gasteiger partial charge < -0.3 is 15.7 Å². The molecule has 0 aromatic carbocycles. The number of carbonyl (C=O) groups is 2. The largest absolute Gasteiger partial charge is 0.480 e. The molecule has 1 rings (SSSR count). The van der Waals surface area contributed by atoms with Gasteiger partial charge in [-0.25, -0.2) is 8.42 Å². The number of nitrogens with two attached hydrogens (primary N) is 1. The van der Waals surface area contributed by atoms with Crippen molar-refractivity contribution in [2.24, 2.45) is 5.73 Å². The Hall–Kier alpha value is -1.15. The maximum Gasteiger partial charge on any atom is 0.323 e. The van der Waals surface area contributed by atoms with Crippen molar-refractivity contribution < 1.29 is 23.1 Å². The number of amides is 1. The van der Waals surface area contributed by atoms with Gasteiger partial charge in [0.2, 0.25) is 5.91 Å². The van der Waals surface area contributed by atoms with Crippen LogP contribution < -0.4 is 5.73 Å². The van der Waals surface area contributed by atoms with E-state index in [0.717, 1.165) is 4.90 Å². The van der Waals surface area contributed by atoms with Gasteiger partial charge in [-0.1, -0.05) is 6.92 Å². The number of nitrogens with zero attached hydrogens (tertiary/aromatic N) is 1. The molecule has 1 unspecified atom stereocenters. The van der Waals surface area contributed by atoms with E-state index in [2.05, 4.69) is 0 Å². The molecule has 2 atom stereocenters. The summed E-state index contributed by atoms with van der Waals surface area (Å²) in [4.78, 5) is 23.8. The highest BCUT2D eigenvalue weighted by molar-refractivity contribution is 7.91. The van der Waals surface area contributed by atoms with E-state index in [9.17, 15) is 18.0 Å². The van der Waals surface area contributed by atoms with Crippen LogP contribution >= 0.6 is 0 Å². The van der Waals surface area contributed by atoms with Crippen molar-refractivity contribution in [2.45, 2.75) is 31.8 Å². The predicted octanol–water partition coefficient (Wildman–Crippen LogP) is -1.18. The van der Waals surface area contributed by atoms with E-state index in [1.165, 1.54) is 0 Å². The Morgan fingerprint density at radius 2 is 2.11 bits per heavy atom. The molecule has 3 N–H and O–H groups in total. The van der Waals surface area contributed by atoms with E-state index in [1.54, 1.807) is 6.92 Å². The third kappa shape index (κ3) is 3.67. The smallest absolute Gasteiger partial charge is 0.323 e. The fraction of sp³-hybridized carbons (Fsp3) is 0.800. The zero-order valence-corrected chi connectivity index (χ0v) is 11.0. The van der Waals surface area contributed by atoms with Crippen LogP contribution in [0.2, 0.25) is 0 Å². The van der Waals surface area contributed by atoms with Crippen LogP contribution in [0.3, 0.4) is 0 Å². The van der Waals surface area contributed by atoms with Gasteiger partial charge in [-0.15, -0.1) is 0 Å². The lowest BCUT2D eigenvalue weighted by Crippen LogP contribution is -2.50. The molecule has 7 nitrogen and oxygen atoms in total. The van der Waals surface area contributed by atoms with Gasteiger partial charge in [-0.2, -0.15) is 0 Å². The molecule has 0 saturated carbocycles. The first-order valence-electron chi connectivity index (χ1n) is 5.75. The standard InChI is InChI=1S/C10H18N2O5S/c1-2-8(11)10(15)12(5-9(13)14)7-3-4-18(16,17)6-7/h7-8H,2-6,11H2,1H3,(H,13,14)/t7?,8-/m0/s1. The number of hydrogen-bond donors (Lipinski definition) is 2. The van der Waals surface area contributed by atoms with Crippen LogP contribution in [0.15, 0.2) is 0 Å². The van der Waals surface area contributed by atoms with Gasteiger partial charge in [0, 0.05) is 6.04 Å².